The summed E-state index contributed by atoms with van der Waals surface area (Å²) < 4.78 is 4.81. The fourth-order valence-electron chi connectivity index (χ4n) is 1.47. The van der Waals surface area contributed by atoms with E-state index in [1.807, 2.05) is 26.0 Å². The van der Waals surface area contributed by atoms with Crippen molar-refractivity contribution in [3.05, 3.63) is 29.6 Å². The predicted octanol–water partition coefficient (Wildman–Crippen LogP) is 1.99. The fourth-order valence-corrected chi connectivity index (χ4v) is 1.47. The minimum absolute atomic E-state index is 0.250. The monoisotopic (exact) mass is 236 g/mol. The molecule has 1 rings (SSSR count). The van der Waals surface area contributed by atoms with E-state index in [4.69, 9.17) is 4.74 Å². The van der Waals surface area contributed by atoms with Crippen molar-refractivity contribution >= 4 is 5.97 Å². The number of carbonyl (C=O) groups excluding carboxylic acids is 1. The van der Waals surface area contributed by atoms with Crippen molar-refractivity contribution in [2.45, 2.75) is 39.3 Å². The summed E-state index contributed by atoms with van der Waals surface area (Å²) in [7, 11) is 1.40. The molecule has 0 radical (unpaired) electrons. The first-order chi connectivity index (χ1) is 8.08. The molecule has 0 bridgehead atoms. The molecule has 1 N–H and O–H groups in total. The molecule has 0 fully saturated rings. The number of aryl methyl sites for hydroxylation is 1. The lowest BCUT2D eigenvalue weighted by atomic mass is 10.1. The van der Waals surface area contributed by atoms with Crippen LogP contribution in [-0.4, -0.2) is 24.1 Å². The van der Waals surface area contributed by atoms with Gasteiger partial charge >= 0.3 is 5.97 Å². The molecular weight excluding hydrogens is 216 g/mol. The number of carbonyl (C=O) groups is 1. The second kappa shape index (κ2) is 6.35. The molecule has 1 aromatic heterocycles. The summed E-state index contributed by atoms with van der Waals surface area (Å²) in [5.74, 6) is -0.282. The molecule has 17 heavy (non-hydrogen) atoms. The standard InChI is InChI=1S/C13H20N2O2/c1-5-9(2)15-12(13(16)17-4)11-7-6-10(3)14-8-11/h6-9,12,15H,5H2,1-4H3. The lowest BCUT2D eigenvalue weighted by Gasteiger charge is -2.20. The summed E-state index contributed by atoms with van der Waals surface area (Å²) in [6.07, 6.45) is 2.67. The van der Waals surface area contributed by atoms with Gasteiger partial charge in [-0.2, -0.15) is 0 Å². The first kappa shape index (κ1) is 13.6. The average molecular weight is 236 g/mol. The largest absolute Gasteiger partial charge is 0.468 e. The maximum atomic E-state index is 11.7. The van der Waals surface area contributed by atoms with E-state index in [0.717, 1.165) is 17.7 Å². The third kappa shape index (κ3) is 3.82. The molecule has 94 valence electrons. The van der Waals surface area contributed by atoms with E-state index in [2.05, 4.69) is 17.2 Å². The molecule has 0 saturated heterocycles. The third-order valence-electron chi connectivity index (χ3n) is 2.77. The van der Waals surface area contributed by atoms with Gasteiger partial charge in [0.1, 0.15) is 6.04 Å². The molecule has 1 aromatic rings. The first-order valence-electron chi connectivity index (χ1n) is 5.85. The number of pyridine rings is 1. The lowest BCUT2D eigenvalue weighted by molar-refractivity contribution is -0.143. The zero-order valence-corrected chi connectivity index (χ0v) is 10.9. The van der Waals surface area contributed by atoms with E-state index in [9.17, 15) is 4.79 Å². The predicted molar refractivity (Wildman–Crippen MR) is 66.6 cm³/mol. The zero-order valence-electron chi connectivity index (χ0n) is 10.9. The van der Waals surface area contributed by atoms with Crippen molar-refractivity contribution in [3.63, 3.8) is 0 Å². The topological polar surface area (TPSA) is 51.2 Å². The van der Waals surface area contributed by atoms with Crippen LogP contribution in [0.5, 0.6) is 0 Å². The minimum atomic E-state index is -0.442. The highest BCUT2D eigenvalue weighted by Crippen LogP contribution is 2.15. The number of hydrogen-bond acceptors (Lipinski definition) is 4. The van der Waals surface area contributed by atoms with Crippen LogP contribution < -0.4 is 5.32 Å². The molecule has 2 atom stereocenters. The summed E-state index contributed by atoms with van der Waals surface area (Å²) in [5, 5.41) is 3.24. The Morgan fingerprint density at radius 3 is 2.71 bits per heavy atom. The Balaban J connectivity index is 2.89. The molecule has 0 spiro atoms. The Morgan fingerprint density at radius 1 is 1.53 bits per heavy atom. The summed E-state index contributed by atoms with van der Waals surface area (Å²) in [6, 6.07) is 3.60. The van der Waals surface area contributed by atoms with Gasteiger partial charge in [0.2, 0.25) is 0 Å². The maximum Gasteiger partial charge on any atom is 0.327 e. The van der Waals surface area contributed by atoms with Crippen LogP contribution >= 0.6 is 0 Å². The smallest absolute Gasteiger partial charge is 0.327 e. The normalized spacial score (nSPS) is 14.1. The quantitative estimate of drug-likeness (QED) is 0.794. The van der Waals surface area contributed by atoms with Gasteiger partial charge in [-0.3, -0.25) is 10.3 Å². The average Bonchev–Trinajstić information content (AvgIpc) is 2.36. The molecule has 2 unspecified atom stereocenters. The Kier molecular flexibility index (Phi) is 5.10. The molecule has 0 aliphatic rings. The SMILES string of the molecule is CCC(C)NC(C(=O)OC)c1ccc(C)nc1. The van der Waals surface area contributed by atoms with E-state index in [1.165, 1.54) is 7.11 Å². The first-order valence-corrected chi connectivity index (χ1v) is 5.85. The molecular formula is C13H20N2O2. The summed E-state index contributed by atoms with van der Waals surface area (Å²) in [4.78, 5) is 15.9. The van der Waals surface area contributed by atoms with Gasteiger partial charge in [-0.05, 0) is 31.9 Å². The Labute approximate surface area is 102 Å². The molecule has 0 aliphatic heterocycles. The number of nitrogens with one attached hydrogen (secondary N) is 1. The van der Waals surface area contributed by atoms with Gasteiger partial charge in [0.25, 0.3) is 0 Å². The second-order valence-corrected chi connectivity index (χ2v) is 4.17. The van der Waals surface area contributed by atoms with Crippen LogP contribution in [0.4, 0.5) is 0 Å². The molecule has 0 amide bonds. The molecule has 0 saturated carbocycles. The molecule has 4 nitrogen and oxygen atoms in total. The van der Waals surface area contributed by atoms with E-state index < -0.39 is 6.04 Å². The van der Waals surface area contributed by atoms with Crippen LogP contribution in [0.2, 0.25) is 0 Å². The highest BCUT2D eigenvalue weighted by atomic mass is 16.5. The maximum absolute atomic E-state index is 11.7. The van der Waals surface area contributed by atoms with Crippen molar-refractivity contribution in [1.82, 2.24) is 10.3 Å². The van der Waals surface area contributed by atoms with Crippen molar-refractivity contribution in [3.8, 4) is 0 Å². The van der Waals surface area contributed by atoms with E-state index in [1.54, 1.807) is 6.20 Å². The second-order valence-electron chi connectivity index (χ2n) is 4.17. The fraction of sp³-hybridized carbons (Fsp3) is 0.538. The molecule has 1 heterocycles. The van der Waals surface area contributed by atoms with Crippen LogP contribution in [0.25, 0.3) is 0 Å². The third-order valence-corrected chi connectivity index (χ3v) is 2.77. The number of methoxy groups -OCH3 is 1. The van der Waals surface area contributed by atoms with Crippen LogP contribution in [0.3, 0.4) is 0 Å². The van der Waals surface area contributed by atoms with Crippen LogP contribution in [0.1, 0.15) is 37.6 Å². The lowest BCUT2D eigenvalue weighted by Crippen LogP contribution is -2.35. The van der Waals surface area contributed by atoms with Gasteiger partial charge in [0, 0.05) is 17.9 Å². The van der Waals surface area contributed by atoms with E-state index in [0.29, 0.717) is 0 Å². The van der Waals surface area contributed by atoms with Gasteiger partial charge in [0.15, 0.2) is 0 Å². The van der Waals surface area contributed by atoms with Gasteiger partial charge in [0.05, 0.1) is 7.11 Å². The zero-order chi connectivity index (χ0) is 12.8. The van der Waals surface area contributed by atoms with Crippen molar-refractivity contribution in [1.29, 1.82) is 0 Å². The Hall–Kier alpha value is -1.42. The van der Waals surface area contributed by atoms with Crippen LogP contribution in [0, 0.1) is 6.92 Å². The molecule has 0 aliphatic carbocycles. The van der Waals surface area contributed by atoms with Crippen LogP contribution in [0.15, 0.2) is 18.3 Å². The Bertz CT molecular complexity index is 362. The highest BCUT2D eigenvalue weighted by Gasteiger charge is 2.22. The summed E-state index contributed by atoms with van der Waals surface area (Å²) >= 11 is 0. The number of aromatic nitrogens is 1. The van der Waals surface area contributed by atoms with Gasteiger partial charge in [-0.1, -0.05) is 13.0 Å². The van der Waals surface area contributed by atoms with Crippen LogP contribution in [-0.2, 0) is 9.53 Å². The van der Waals surface area contributed by atoms with Gasteiger partial charge in [-0.15, -0.1) is 0 Å². The van der Waals surface area contributed by atoms with Crippen molar-refractivity contribution in [2.24, 2.45) is 0 Å². The molecule has 4 heteroatoms. The van der Waals surface area contributed by atoms with Gasteiger partial charge in [-0.25, -0.2) is 4.79 Å². The number of esters is 1. The molecule has 0 aromatic carbocycles. The van der Waals surface area contributed by atoms with Crippen molar-refractivity contribution in [2.75, 3.05) is 7.11 Å². The summed E-state index contributed by atoms with van der Waals surface area (Å²) in [5.41, 5.74) is 1.77. The summed E-state index contributed by atoms with van der Waals surface area (Å²) in [6.45, 7) is 6.02. The number of nitrogens with zero attached hydrogens (tertiary/aromatic N) is 1. The number of rotatable bonds is 5. The Morgan fingerprint density at radius 2 is 2.24 bits per heavy atom. The van der Waals surface area contributed by atoms with Gasteiger partial charge < -0.3 is 4.74 Å². The number of hydrogen-bond donors (Lipinski definition) is 1. The van der Waals surface area contributed by atoms with E-state index in [-0.39, 0.29) is 12.0 Å². The minimum Gasteiger partial charge on any atom is -0.468 e. The highest BCUT2D eigenvalue weighted by molar-refractivity contribution is 5.77. The van der Waals surface area contributed by atoms with Crippen molar-refractivity contribution < 1.29 is 9.53 Å². The van der Waals surface area contributed by atoms with E-state index >= 15 is 0 Å². The number of ether oxygens (including phenoxy) is 1.